The summed E-state index contributed by atoms with van der Waals surface area (Å²) in [7, 11) is 0. The Kier molecular flexibility index (Phi) is 9.98. The second-order valence-electron chi connectivity index (χ2n) is 5.64. The Morgan fingerprint density at radius 1 is 1.35 bits per heavy atom. The van der Waals surface area contributed by atoms with Gasteiger partial charge in [0.1, 0.15) is 0 Å². The third-order valence-corrected chi connectivity index (χ3v) is 3.74. The molecule has 1 saturated carbocycles. The van der Waals surface area contributed by atoms with Crippen LogP contribution in [0.25, 0.3) is 0 Å². The molecule has 1 aromatic heterocycles. The minimum absolute atomic E-state index is 0. The van der Waals surface area contributed by atoms with E-state index >= 15 is 0 Å². The van der Waals surface area contributed by atoms with Crippen molar-refractivity contribution in [3.05, 3.63) is 23.9 Å². The number of hydrogen-bond donors (Lipinski definition) is 2. The number of pyridine rings is 1. The van der Waals surface area contributed by atoms with Crippen LogP contribution < -0.4 is 15.4 Å². The third-order valence-electron chi connectivity index (χ3n) is 3.74. The molecule has 0 spiro atoms. The van der Waals surface area contributed by atoms with Gasteiger partial charge in [0.15, 0.2) is 5.96 Å². The molecule has 0 saturated heterocycles. The topological polar surface area (TPSA) is 58.5 Å². The lowest BCUT2D eigenvalue weighted by molar-refractivity contribution is 0.302. The summed E-state index contributed by atoms with van der Waals surface area (Å²) >= 11 is 0. The summed E-state index contributed by atoms with van der Waals surface area (Å²) in [6.45, 7) is 6.31. The molecule has 1 aliphatic rings. The normalized spacial score (nSPS) is 15.1. The van der Waals surface area contributed by atoms with Crippen molar-refractivity contribution in [1.82, 2.24) is 15.6 Å². The van der Waals surface area contributed by atoms with Crippen LogP contribution in [-0.4, -0.2) is 30.1 Å². The molecule has 0 aromatic carbocycles. The number of rotatable bonds is 7. The van der Waals surface area contributed by atoms with Crippen molar-refractivity contribution >= 4 is 29.9 Å². The lowest BCUT2D eigenvalue weighted by Gasteiger charge is -2.16. The van der Waals surface area contributed by atoms with E-state index in [1.54, 1.807) is 6.20 Å². The van der Waals surface area contributed by atoms with E-state index in [-0.39, 0.29) is 24.0 Å². The third kappa shape index (κ3) is 6.93. The SMILES string of the molecule is CCCOc1ncccc1CN=C(NCC)NC1CCCC1.I. The molecule has 1 aromatic rings. The molecule has 0 unspecified atom stereocenters. The molecule has 2 rings (SSSR count). The molecule has 2 N–H and O–H groups in total. The van der Waals surface area contributed by atoms with Crippen LogP contribution in [0.2, 0.25) is 0 Å². The molecule has 0 atom stereocenters. The Balaban J connectivity index is 0.00000264. The highest BCUT2D eigenvalue weighted by Crippen LogP contribution is 2.18. The van der Waals surface area contributed by atoms with E-state index in [0.717, 1.165) is 24.5 Å². The summed E-state index contributed by atoms with van der Waals surface area (Å²) in [6, 6.07) is 4.52. The molecule has 1 aliphatic carbocycles. The van der Waals surface area contributed by atoms with Gasteiger partial charge < -0.3 is 15.4 Å². The van der Waals surface area contributed by atoms with Gasteiger partial charge in [0.2, 0.25) is 5.88 Å². The van der Waals surface area contributed by atoms with Gasteiger partial charge in [0, 0.05) is 24.3 Å². The molecule has 23 heavy (non-hydrogen) atoms. The number of ether oxygens (including phenoxy) is 1. The van der Waals surface area contributed by atoms with Gasteiger partial charge in [-0.15, -0.1) is 24.0 Å². The van der Waals surface area contributed by atoms with Crippen LogP contribution in [0.4, 0.5) is 0 Å². The first kappa shape index (κ1) is 20.0. The smallest absolute Gasteiger partial charge is 0.218 e. The minimum Gasteiger partial charge on any atom is -0.477 e. The number of aromatic nitrogens is 1. The number of halogens is 1. The fourth-order valence-electron chi connectivity index (χ4n) is 2.62. The zero-order chi connectivity index (χ0) is 15.6. The monoisotopic (exact) mass is 432 g/mol. The van der Waals surface area contributed by atoms with Crippen LogP contribution in [0.5, 0.6) is 5.88 Å². The van der Waals surface area contributed by atoms with E-state index in [0.29, 0.717) is 25.1 Å². The van der Waals surface area contributed by atoms with E-state index in [2.05, 4.69) is 29.5 Å². The van der Waals surface area contributed by atoms with Crippen molar-refractivity contribution < 1.29 is 4.74 Å². The number of nitrogens with zero attached hydrogens (tertiary/aromatic N) is 2. The van der Waals surface area contributed by atoms with Gasteiger partial charge in [-0.2, -0.15) is 0 Å². The van der Waals surface area contributed by atoms with Crippen molar-refractivity contribution in [2.45, 2.75) is 58.5 Å². The fourth-order valence-corrected chi connectivity index (χ4v) is 2.62. The Hall–Kier alpha value is -1.05. The van der Waals surface area contributed by atoms with Crippen LogP contribution in [0.1, 0.15) is 51.5 Å². The van der Waals surface area contributed by atoms with Gasteiger partial charge >= 0.3 is 0 Å². The fraction of sp³-hybridized carbons (Fsp3) is 0.647. The van der Waals surface area contributed by atoms with Crippen molar-refractivity contribution in [3.63, 3.8) is 0 Å². The maximum absolute atomic E-state index is 5.69. The Labute approximate surface area is 156 Å². The average Bonchev–Trinajstić information content (AvgIpc) is 3.04. The lowest BCUT2D eigenvalue weighted by Crippen LogP contribution is -2.42. The van der Waals surface area contributed by atoms with Gasteiger partial charge in [-0.25, -0.2) is 9.98 Å². The number of aliphatic imine (C=N–C) groups is 1. The van der Waals surface area contributed by atoms with Gasteiger partial charge in [-0.3, -0.25) is 0 Å². The highest BCUT2D eigenvalue weighted by atomic mass is 127. The summed E-state index contributed by atoms with van der Waals surface area (Å²) in [5.74, 6) is 1.59. The van der Waals surface area contributed by atoms with Crippen LogP contribution in [-0.2, 0) is 6.54 Å². The van der Waals surface area contributed by atoms with Crippen molar-refractivity contribution in [2.75, 3.05) is 13.2 Å². The average molecular weight is 432 g/mol. The Morgan fingerprint density at radius 2 is 2.13 bits per heavy atom. The maximum atomic E-state index is 5.69. The minimum atomic E-state index is 0. The molecule has 0 aliphatic heterocycles. The molecule has 5 nitrogen and oxygen atoms in total. The number of hydrogen-bond acceptors (Lipinski definition) is 3. The van der Waals surface area contributed by atoms with Crippen LogP contribution >= 0.6 is 24.0 Å². The van der Waals surface area contributed by atoms with Crippen LogP contribution in [0, 0.1) is 0 Å². The molecule has 1 heterocycles. The van der Waals surface area contributed by atoms with Gasteiger partial charge in [-0.1, -0.05) is 25.8 Å². The van der Waals surface area contributed by atoms with Crippen molar-refractivity contribution in [1.29, 1.82) is 0 Å². The summed E-state index contributed by atoms with van der Waals surface area (Å²) in [4.78, 5) is 9.00. The van der Waals surface area contributed by atoms with E-state index in [1.807, 2.05) is 12.1 Å². The lowest BCUT2D eigenvalue weighted by atomic mass is 10.2. The molecular formula is C17H29IN4O. The molecule has 0 radical (unpaired) electrons. The Bertz CT molecular complexity index is 475. The summed E-state index contributed by atoms with van der Waals surface area (Å²) in [5, 5.41) is 6.85. The second kappa shape index (κ2) is 11.5. The zero-order valence-corrected chi connectivity index (χ0v) is 16.5. The molecule has 0 amide bonds. The van der Waals surface area contributed by atoms with E-state index in [9.17, 15) is 0 Å². The van der Waals surface area contributed by atoms with Crippen LogP contribution in [0.3, 0.4) is 0 Å². The first-order chi connectivity index (χ1) is 10.8. The van der Waals surface area contributed by atoms with E-state index in [1.165, 1.54) is 25.7 Å². The van der Waals surface area contributed by atoms with Gasteiger partial charge in [-0.05, 0) is 32.3 Å². The quantitative estimate of drug-likeness (QED) is 0.394. The number of guanidine groups is 1. The summed E-state index contributed by atoms with van der Waals surface area (Å²) < 4.78 is 5.69. The summed E-state index contributed by atoms with van der Waals surface area (Å²) in [6.07, 6.45) is 7.85. The molecule has 1 fully saturated rings. The first-order valence-corrected chi connectivity index (χ1v) is 8.45. The first-order valence-electron chi connectivity index (χ1n) is 8.45. The van der Waals surface area contributed by atoms with E-state index in [4.69, 9.17) is 9.73 Å². The van der Waals surface area contributed by atoms with Crippen molar-refractivity contribution in [2.24, 2.45) is 4.99 Å². The maximum Gasteiger partial charge on any atom is 0.218 e. The van der Waals surface area contributed by atoms with Gasteiger partial charge in [0.25, 0.3) is 0 Å². The van der Waals surface area contributed by atoms with Crippen molar-refractivity contribution in [3.8, 4) is 5.88 Å². The molecule has 0 bridgehead atoms. The summed E-state index contributed by atoms with van der Waals surface area (Å²) in [5.41, 5.74) is 1.03. The largest absolute Gasteiger partial charge is 0.477 e. The zero-order valence-electron chi connectivity index (χ0n) is 14.2. The second-order valence-corrected chi connectivity index (χ2v) is 5.64. The predicted molar refractivity (Wildman–Crippen MR) is 106 cm³/mol. The molecule has 130 valence electrons. The number of nitrogens with one attached hydrogen (secondary N) is 2. The predicted octanol–water partition coefficient (Wildman–Crippen LogP) is 3.49. The Morgan fingerprint density at radius 3 is 2.83 bits per heavy atom. The molecule has 6 heteroatoms. The van der Waals surface area contributed by atoms with Crippen LogP contribution in [0.15, 0.2) is 23.3 Å². The highest BCUT2D eigenvalue weighted by Gasteiger charge is 2.15. The standard InChI is InChI=1S/C17H28N4O.HI/c1-3-12-22-16-14(8-7-11-19-16)13-20-17(18-4-2)21-15-9-5-6-10-15;/h7-8,11,15H,3-6,9-10,12-13H2,1-2H3,(H2,18,20,21);1H. The molecular weight excluding hydrogens is 403 g/mol. The van der Waals surface area contributed by atoms with Gasteiger partial charge in [0.05, 0.1) is 13.2 Å². The highest BCUT2D eigenvalue weighted by molar-refractivity contribution is 14.0. The van der Waals surface area contributed by atoms with E-state index < -0.39 is 0 Å².